The number of ether oxygens (including phenoxy) is 2. The molecular weight excluding hydrogens is 259 g/mol. The third-order valence-corrected chi connectivity index (χ3v) is 1.87. The standard InChI is InChI=1S/C10H12F3NO2.ClH/c1-15-9-6-7(10(11,12)13)2-3-8(9)16-5-4-14;/h2-3,6H,4-5,14H2,1H3;1H. The molecule has 0 amide bonds. The Morgan fingerprint density at radius 1 is 1.24 bits per heavy atom. The topological polar surface area (TPSA) is 44.5 Å². The molecule has 0 bridgehead atoms. The lowest BCUT2D eigenvalue weighted by molar-refractivity contribution is -0.137. The number of benzene rings is 1. The van der Waals surface area contributed by atoms with Crippen LogP contribution in [0.5, 0.6) is 11.5 Å². The molecular formula is C10H13ClF3NO2. The quantitative estimate of drug-likeness (QED) is 0.915. The van der Waals surface area contributed by atoms with E-state index in [1.807, 2.05) is 0 Å². The van der Waals surface area contributed by atoms with Crippen LogP contribution in [-0.4, -0.2) is 20.3 Å². The van der Waals surface area contributed by atoms with Gasteiger partial charge in [-0.2, -0.15) is 13.2 Å². The van der Waals surface area contributed by atoms with Crippen molar-refractivity contribution in [1.82, 2.24) is 0 Å². The Kier molecular flexibility index (Phi) is 6.12. The lowest BCUT2D eigenvalue weighted by atomic mass is 10.2. The van der Waals surface area contributed by atoms with E-state index in [9.17, 15) is 13.2 Å². The first kappa shape index (κ1) is 15.9. The van der Waals surface area contributed by atoms with E-state index in [0.29, 0.717) is 0 Å². The summed E-state index contributed by atoms with van der Waals surface area (Å²) in [5.41, 5.74) is 4.45. The van der Waals surface area contributed by atoms with Gasteiger partial charge in [-0.05, 0) is 18.2 Å². The monoisotopic (exact) mass is 271 g/mol. The third-order valence-electron chi connectivity index (χ3n) is 1.87. The molecule has 2 N–H and O–H groups in total. The molecule has 3 nitrogen and oxygen atoms in total. The van der Waals surface area contributed by atoms with Gasteiger partial charge in [-0.1, -0.05) is 0 Å². The highest BCUT2D eigenvalue weighted by Crippen LogP contribution is 2.35. The molecule has 17 heavy (non-hydrogen) atoms. The van der Waals surface area contributed by atoms with Crippen LogP contribution in [0.15, 0.2) is 18.2 Å². The Hall–Kier alpha value is -1.14. The smallest absolute Gasteiger partial charge is 0.416 e. The van der Waals surface area contributed by atoms with E-state index >= 15 is 0 Å². The molecule has 1 rings (SSSR count). The van der Waals surface area contributed by atoms with Crippen LogP contribution in [0.1, 0.15) is 5.56 Å². The summed E-state index contributed by atoms with van der Waals surface area (Å²) in [6, 6.07) is 3.05. The lowest BCUT2D eigenvalue weighted by Gasteiger charge is -2.12. The van der Waals surface area contributed by atoms with E-state index in [4.69, 9.17) is 15.2 Å². The Morgan fingerprint density at radius 3 is 2.35 bits per heavy atom. The lowest BCUT2D eigenvalue weighted by Crippen LogP contribution is -2.11. The van der Waals surface area contributed by atoms with E-state index < -0.39 is 11.7 Å². The first-order valence-electron chi connectivity index (χ1n) is 4.57. The molecule has 0 saturated carbocycles. The minimum atomic E-state index is -4.39. The maximum atomic E-state index is 12.4. The highest BCUT2D eigenvalue weighted by molar-refractivity contribution is 5.85. The van der Waals surface area contributed by atoms with Gasteiger partial charge < -0.3 is 15.2 Å². The Balaban J connectivity index is 0.00000256. The molecule has 0 radical (unpaired) electrons. The second-order valence-corrected chi connectivity index (χ2v) is 3.00. The molecule has 1 aromatic rings. The number of halogens is 4. The molecule has 1 aromatic carbocycles. The predicted molar refractivity (Wildman–Crippen MR) is 59.8 cm³/mol. The van der Waals surface area contributed by atoms with Gasteiger partial charge in [0.2, 0.25) is 0 Å². The van der Waals surface area contributed by atoms with Gasteiger partial charge in [-0.3, -0.25) is 0 Å². The van der Waals surface area contributed by atoms with Gasteiger partial charge in [0.05, 0.1) is 12.7 Å². The fourth-order valence-corrected chi connectivity index (χ4v) is 1.13. The molecule has 0 aliphatic rings. The molecule has 7 heteroatoms. The van der Waals surface area contributed by atoms with Gasteiger partial charge in [0.1, 0.15) is 6.61 Å². The fourth-order valence-electron chi connectivity index (χ4n) is 1.13. The Bertz CT molecular complexity index is 358. The zero-order chi connectivity index (χ0) is 12.2. The summed E-state index contributed by atoms with van der Waals surface area (Å²) >= 11 is 0. The second-order valence-electron chi connectivity index (χ2n) is 3.00. The highest BCUT2D eigenvalue weighted by Gasteiger charge is 2.31. The third kappa shape index (κ3) is 4.32. The maximum absolute atomic E-state index is 12.4. The maximum Gasteiger partial charge on any atom is 0.416 e. The van der Waals surface area contributed by atoms with E-state index in [1.165, 1.54) is 13.2 Å². The summed E-state index contributed by atoms with van der Waals surface area (Å²) < 4.78 is 47.1. The number of hydrogen-bond acceptors (Lipinski definition) is 3. The van der Waals surface area contributed by atoms with Crippen molar-refractivity contribution in [2.24, 2.45) is 5.73 Å². The average Bonchev–Trinajstić information content (AvgIpc) is 2.24. The van der Waals surface area contributed by atoms with Crippen molar-refractivity contribution in [3.8, 4) is 11.5 Å². The molecule has 0 aromatic heterocycles. The van der Waals surface area contributed by atoms with Crippen LogP contribution in [0.3, 0.4) is 0 Å². The van der Waals surface area contributed by atoms with Crippen molar-refractivity contribution in [1.29, 1.82) is 0 Å². The normalized spacial score (nSPS) is 10.6. The molecule has 0 atom stereocenters. The average molecular weight is 272 g/mol. The molecule has 0 heterocycles. The molecule has 0 aliphatic heterocycles. The molecule has 0 aliphatic carbocycles. The summed E-state index contributed by atoms with van der Waals surface area (Å²) in [4.78, 5) is 0. The number of alkyl halides is 3. The summed E-state index contributed by atoms with van der Waals surface area (Å²) in [6.45, 7) is 0.506. The first-order chi connectivity index (χ1) is 7.49. The second kappa shape index (κ2) is 6.56. The predicted octanol–water partition coefficient (Wildman–Crippen LogP) is 2.47. The number of rotatable bonds is 4. The Morgan fingerprint density at radius 2 is 1.88 bits per heavy atom. The van der Waals surface area contributed by atoms with E-state index in [0.717, 1.165) is 12.1 Å². The van der Waals surface area contributed by atoms with Crippen molar-refractivity contribution >= 4 is 12.4 Å². The van der Waals surface area contributed by atoms with Crippen molar-refractivity contribution in [2.75, 3.05) is 20.3 Å². The highest BCUT2D eigenvalue weighted by atomic mass is 35.5. The molecule has 0 unspecified atom stereocenters. The van der Waals surface area contributed by atoms with Crippen LogP contribution in [0.25, 0.3) is 0 Å². The van der Waals surface area contributed by atoms with Gasteiger partial charge in [0.15, 0.2) is 11.5 Å². The van der Waals surface area contributed by atoms with Crippen molar-refractivity contribution in [3.05, 3.63) is 23.8 Å². The summed E-state index contributed by atoms with van der Waals surface area (Å²) in [5.74, 6) is 0.296. The summed E-state index contributed by atoms with van der Waals surface area (Å²) in [7, 11) is 1.28. The minimum Gasteiger partial charge on any atom is -0.493 e. The van der Waals surface area contributed by atoms with Crippen LogP contribution in [-0.2, 0) is 6.18 Å². The summed E-state index contributed by atoms with van der Waals surface area (Å²) in [5, 5.41) is 0. The van der Waals surface area contributed by atoms with Crippen LogP contribution in [0.2, 0.25) is 0 Å². The van der Waals surface area contributed by atoms with Crippen molar-refractivity contribution in [2.45, 2.75) is 6.18 Å². The number of hydrogen-bond donors (Lipinski definition) is 1. The van der Waals surface area contributed by atoms with Crippen molar-refractivity contribution < 1.29 is 22.6 Å². The zero-order valence-corrected chi connectivity index (χ0v) is 9.90. The number of nitrogens with two attached hydrogens (primary N) is 1. The SMILES string of the molecule is COc1cc(C(F)(F)F)ccc1OCCN.Cl. The Labute approximate surface area is 103 Å². The largest absolute Gasteiger partial charge is 0.493 e. The molecule has 98 valence electrons. The molecule has 0 spiro atoms. The van der Waals surface area contributed by atoms with E-state index in [2.05, 4.69) is 0 Å². The van der Waals surface area contributed by atoms with E-state index in [1.54, 1.807) is 0 Å². The molecule has 0 saturated heterocycles. The number of methoxy groups -OCH3 is 1. The van der Waals surface area contributed by atoms with E-state index in [-0.39, 0.29) is 37.1 Å². The first-order valence-corrected chi connectivity index (χ1v) is 4.57. The fraction of sp³-hybridized carbons (Fsp3) is 0.400. The van der Waals surface area contributed by atoms with Gasteiger partial charge in [-0.25, -0.2) is 0 Å². The van der Waals surface area contributed by atoms with Crippen molar-refractivity contribution in [3.63, 3.8) is 0 Å². The van der Waals surface area contributed by atoms with Gasteiger partial charge in [0.25, 0.3) is 0 Å². The van der Waals surface area contributed by atoms with Gasteiger partial charge in [-0.15, -0.1) is 12.4 Å². The van der Waals surface area contributed by atoms with Gasteiger partial charge in [0, 0.05) is 6.54 Å². The summed E-state index contributed by atoms with van der Waals surface area (Å²) in [6.07, 6.45) is -4.39. The molecule has 0 fully saturated rings. The van der Waals surface area contributed by atoms with Crippen LogP contribution >= 0.6 is 12.4 Å². The van der Waals surface area contributed by atoms with Crippen LogP contribution in [0.4, 0.5) is 13.2 Å². The zero-order valence-electron chi connectivity index (χ0n) is 9.08. The van der Waals surface area contributed by atoms with Crippen LogP contribution in [0, 0.1) is 0 Å². The minimum absolute atomic E-state index is 0. The van der Waals surface area contributed by atoms with Gasteiger partial charge >= 0.3 is 6.18 Å². The van der Waals surface area contributed by atoms with Crippen LogP contribution < -0.4 is 15.2 Å².